The lowest BCUT2D eigenvalue weighted by Crippen LogP contribution is -2.20. The molecule has 0 unspecified atom stereocenters. The van der Waals surface area contributed by atoms with E-state index in [0.29, 0.717) is 16.5 Å². The van der Waals surface area contributed by atoms with Crippen LogP contribution >= 0.6 is 23.2 Å². The monoisotopic (exact) mass is 523 g/mol. The number of carboxylic acid groups (broad SMARTS) is 1. The minimum Gasteiger partial charge on any atom is -0.481 e. The van der Waals surface area contributed by atoms with Crippen LogP contribution < -0.4 is 0 Å². The summed E-state index contributed by atoms with van der Waals surface area (Å²) in [5.41, 5.74) is 3.79. The zero-order valence-electron chi connectivity index (χ0n) is 19.2. The van der Waals surface area contributed by atoms with E-state index in [4.69, 9.17) is 23.2 Å². The molecule has 0 spiro atoms. The van der Waals surface area contributed by atoms with Crippen LogP contribution in [0.3, 0.4) is 0 Å². The van der Waals surface area contributed by atoms with E-state index < -0.39 is 17.7 Å². The zero-order chi connectivity index (χ0) is 25.3. The van der Waals surface area contributed by atoms with Crippen LogP contribution in [0.5, 0.6) is 0 Å². The van der Waals surface area contributed by atoms with Crippen molar-refractivity contribution in [2.75, 3.05) is 0 Å². The van der Waals surface area contributed by atoms with Crippen LogP contribution in [0, 0.1) is 0 Å². The highest BCUT2D eigenvalue weighted by Gasteiger charge is 2.33. The molecule has 1 aliphatic rings. The average molecular weight is 524 g/mol. The van der Waals surface area contributed by atoms with Crippen LogP contribution in [0.2, 0.25) is 10.0 Å². The van der Waals surface area contributed by atoms with Crippen molar-refractivity contribution in [2.24, 2.45) is 0 Å². The molecule has 0 bridgehead atoms. The first-order chi connectivity index (χ1) is 16.6. The van der Waals surface area contributed by atoms with Gasteiger partial charge in [-0.15, -0.1) is 0 Å². The Labute approximate surface area is 212 Å². The fourth-order valence-electron chi connectivity index (χ4n) is 5.20. The minimum absolute atomic E-state index is 0.00331. The van der Waals surface area contributed by atoms with Gasteiger partial charge in [-0.3, -0.25) is 4.79 Å². The first kappa shape index (κ1) is 25.6. The van der Waals surface area contributed by atoms with Gasteiger partial charge in [0, 0.05) is 39.0 Å². The molecule has 35 heavy (non-hydrogen) atoms. The van der Waals surface area contributed by atoms with Crippen molar-refractivity contribution in [1.82, 2.24) is 4.57 Å². The van der Waals surface area contributed by atoms with E-state index in [0.717, 1.165) is 65.8 Å². The Morgan fingerprint density at radius 2 is 1.86 bits per heavy atom. The van der Waals surface area contributed by atoms with Gasteiger partial charge in [-0.05, 0) is 61.1 Å². The summed E-state index contributed by atoms with van der Waals surface area (Å²) in [6.45, 7) is 2.03. The molecule has 1 aromatic heterocycles. The molecular weight excluding hydrogens is 498 g/mol. The van der Waals surface area contributed by atoms with Crippen LogP contribution in [0.25, 0.3) is 11.1 Å². The second-order valence-corrected chi connectivity index (χ2v) is 9.89. The molecule has 0 saturated heterocycles. The Balaban J connectivity index is 1.90. The smallest absolute Gasteiger partial charge is 0.416 e. The molecule has 0 radical (unpaired) electrons. The summed E-state index contributed by atoms with van der Waals surface area (Å²) in [6, 6.07) is 10.4. The largest absolute Gasteiger partial charge is 0.481 e. The van der Waals surface area contributed by atoms with Crippen molar-refractivity contribution < 1.29 is 23.1 Å². The highest BCUT2D eigenvalue weighted by molar-refractivity contribution is 6.36. The van der Waals surface area contributed by atoms with Crippen molar-refractivity contribution in [3.63, 3.8) is 0 Å². The van der Waals surface area contributed by atoms with E-state index in [1.165, 1.54) is 12.1 Å². The molecule has 3 nitrogen and oxygen atoms in total. The molecule has 2 aromatic carbocycles. The third-order valence-electron chi connectivity index (χ3n) is 6.71. The highest BCUT2D eigenvalue weighted by atomic mass is 35.5. The highest BCUT2D eigenvalue weighted by Crippen LogP contribution is 2.45. The third kappa shape index (κ3) is 5.39. The summed E-state index contributed by atoms with van der Waals surface area (Å²) in [5.74, 6) is -1.06. The number of benzene rings is 2. The lowest BCUT2D eigenvalue weighted by atomic mass is 9.83. The second kappa shape index (κ2) is 10.3. The number of fused-ring (bicyclic) bond motifs is 1. The van der Waals surface area contributed by atoms with Crippen molar-refractivity contribution in [1.29, 1.82) is 0 Å². The van der Waals surface area contributed by atoms with Gasteiger partial charge in [-0.2, -0.15) is 13.2 Å². The molecule has 4 rings (SSSR count). The summed E-state index contributed by atoms with van der Waals surface area (Å²) >= 11 is 12.7. The van der Waals surface area contributed by atoms with E-state index in [-0.39, 0.29) is 18.4 Å². The molecule has 186 valence electrons. The van der Waals surface area contributed by atoms with E-state index in [2.05, 4.69) is 4.57 Å². The summed E-state index contributed by atoms with van der Waals surface area (Å²) in [4.78, 5) is 11.7. The Kier molecular flexibility index (Phi) is 7.53. The van der Waals surface area contributed by atoms with Crippen LogP contribution in [0.15, 0.2) is 48.7 Å². The summed E-state index contributed by atoms with van der Waals surface area (Å²) in [7, 11) is 0. The number of aliphatic carboxylic acids is 1. The van der Waals surface area contributed by atoms with Crippen molar-refractivity contribution >= 4 is 29.2 Å². The van der Waals surface area contributed by atoms with E-state index in [9.17, 15) is 23.1 Å². The number of nitrogens with zero attached hydrogens (tertiary/aromatic N) is 1. The first-order valence-electron chi connectivity index (χ1n) is 11.7. The molecule has 1 heterocycles. The number of hydrogen-bond acceptors (Lipinski definition) is 1. The van der Waals surface area contributed by atoms with Crippen molar-refractivity contribution in [3.05, 3.63) is 81.1 Å². The van der Waals surface area contributed by atoms with Gasteiger partial charge in [-0.1, -0.05) is 54.7 Å². The normalized spacial score (nSPS) is 16.7. The average Bonchev–Trinajstić information content (AvgIpc) is 3.17. The molecule has 2 atom stereocenters. The number of alkyl halides is 3. The molecule has 1 aliphatic carbocycles. The second-order valence-electron chi connectivity index (χ2n) is 9.05. The van der Waals surface area contributed by atoms with Crippen LogP contribution in [0.4, 0.5) is 13.2 Å². The number of halogens is 5. The van der Waals surface area contributed by atoms with E-state index in [1.807, 2.05) is 19.2 Å². The molecule has 0 fully saturated rings. The topological polar surface area (TPSA) is 42.2 Å². The molecule has 0 saturated carbocycles. The Hall–Kier alpha value is -2.44. The zero-order valence-corrected chi connectivity index (χ0v) is 20.7. The Morgan fingerprint density at radius 3 is 2.46 bits per heavy atom. The summed E-state index contributed by atoms with van der Waals surface area (Å²) < 4.78 is 41.6. The Bertz CT molecular complexity index is 1220. The molecule has 1 N–H and O–H groups in total. The molecule has 0 aliphatic heterocycles. The molecule has 3 aromatic rings. The summed E-state index contributed by atoms with van der Waals surface area (Å²) in [6.07, 6.45) is 1.46. The summed E-state index contributed by atoms with van der Waals surface area (Å²) in [5, 5.41) is 10.6. The predicted octanol–water partition coefficient (Wildman–Crippen LogP) is 8.76. The van der Waals surface area contributed by atoms with Crippen molar-refractivity contribution in [3.8, 4) is 11.1 Å². The van der Waals surface area contributed by atoms with Gasteiger partial charge >= 0.3 is 12.1 Å². The van der Waals surface area contributed by atoms with Gasteiger partial charge in [0.1, 0.15) is 0 Å². The number of hydrogen-bond donors (Lipinski definition) is 1. The maximum absolute atomic E-state index is 13.2. The SMILES string of the molecule is CCC[C@@H](c1ccc(C(F)(F)F)cc1)n1cc(-c2ccc(Cl)cc2Cl)c2c1[C@@H](CC(=O)O)CCC2. The van der Waals surface area contributed by atoms with E-state index in [1.54, 1.807) is 12.1 Å². The Morgan fingerprint density at radius 1 is 1.14 bits per heavy atom. The number of rotatable bonds is 7. The molecular formula is C27H26Cl2F3NO2. The van der Waals surface area contributed by atoms with Gasteiger partial charge in [-0.25, -0.2) is 0 Å². The lowest BCUT2D eigenvalue weighted by molar-refractivity contribution is -0.138. The van der Waals surface area contributed by atoms with Gasteiger partial charge in [0.2, 0.25) is 0 Å². The molecule has 0 amide bonds. The van der Waals surface area contributed by atoms with Gasteiger partial charge in [0.05, 0.1) is 18.0 Å². The van der Waals surface area contributed by atoms with E-state index >= 15 is 0 Å². The van der Waals surface area contributed by atoms with Gasteiger partial charge < -0.3 is 9.67 Å². The van der Waals surface area contributed by atoms with Crippen LogP contribution in [-0.4, -0.2) is 15.6 Å². The third-order valence-corrected chi connectivity index (χ3v) is 7.26. The fraction of sp³-hybridized carbons (Fsp3) is 0.370. The maximum Gasteiger partial charge on any atom is 0.416 e. The van der Waals surface area contributed by atoms with Crippen molar-refractivity contribution in [2.45, 2.75) is 63.6 Å². The van der Waals surface area contributed by atoms with Crippen LogP contribution in [0.1, 0.15) is 73.4 Å². The lowest BCUT2D eigenvalue weighted by Gasteiger charge is -2.29. The molecule has 8 heteroatoms. The maximum atomic E-state index is 13.2. The quantitative estimate of drug-likeness (QED) is 0.336. The predicted molar refractivity (Wildman–Crippen MR) is 132 cm³/mol. The minimum atomic E-state index is -4.41. The number of aromatic nitrogens is 1. The fourth-order valence-corrected chi connectivity index (χ4v) is 5.71. The standard InChI is InChI=1S/C27H26Cl2F3NO2/c1-2-4-24(16-7-9-18(10-8-16)27(30,31)32)33-15-22(20-12-11-19(28)14-23(20)29)21-6-3-5-17(26(21)33)13-25(34)35/h7-12,14-15,17,24H,2-6,13H2,1H3,(H,34,35)/t17-,24+/m1/s1. The first-order valence-corrected chi connectivity index (χ1v) is 12.4. The van der Waals surface area contributed by atoms with Crippen LogP contribution in [-0.2, 0) is 17.4 Å². The van der Waals surface area contributed by atoms with Gasteiger partial charge in [0.15, 0.2) is 0 Å². The number of carbonyl (C=O) groups is 1. The van der Waals surface area contributed by atoms with Gasteiger partial charge in [0.25, 0.3) is 0 Å². The number of carboxylic acids is 1.